The summed E-state index contributed by atoms with van der Waals surface area (Å²) in [5.74, 6) is -1.33. The number of ketones is 2. The van der Waals surface area contributed by atoms with E-state index in [1.165, 1.54) is 18.2 Å². The van der Waals surface area contributed by atoms with Crippen LogP contribution < -0.4 is 0 Å². The Morgan fingerprint density at radius 2 is 1.30 bits per heavy atom. The number of benzene rings is 2. The van der Waals surface area contributed by atoms with E-state index in [1.807, 2.05) is 0 Å². The SMILES string of the molecule is O=C1c2ccccc2C(=O)c2c1ccc([N+](=O)[O-])c2[N+](=O)[O-].[PbH2]. The topological polar surface area (TPSA) is 120 Å². The van der Waals surface area contributed by atoms with E-state index in [1.54, 1.807) is 6.07 Å². The van der Waals surface area contributed by atoms with Crippen LogP contribution in [0, 0.1) is 20.2 Å². The molecule has 1 aliphatic carbocycles. The van der Waals surface area contributed by atoms with Gasteiger partial charge in [-0.25, -0.2) is 0 Å². The minimum atomic E-state index is -1.00. The van der Waals surface area contributed by atoms with E-state index >= 15 is 0 Å². The van der Waals surface area contributed by atoms with E-state index in [0.717, 1.165) is 12.1 Å². The molecule has 0 bridgehead atoms. The number of nitro benzene ring substituents is 2. The maximum absolute atomic E-state index is 12.5. The van der Waals surface area contributed by atoms with Gasteiger partial charge in [-0.15, -0.1) is 0 Å². The van der Waals surface area contributed by atoms with Crippen LogP contribution in [0.1, 0.15) is 31.8 Å². The van der Waals surface area contributed by atoms with Gasteiger partial charge in [-0.1, -0.05) is 24.3 Å². The standard InChI is InChI=1S/C14H6N2O6.Pb.2H/c17-13-7-3-1-2-4-8(7)14(18)11-9(13)5-6-10(15(19)20)12(11)16(21)22;;;/h1-6H;;;. The molecule has 9 heteroatoms. The molecule has 2 aromatic rings. The second-order valence-corrected chi connectivity index (χ2v) is 4.57. The Balaban J connectivity index is 0.00000192. The second kappa shape index (κ2) is 5.95. The molecule has 0 amide bonds. The van der Waals surface area contributed by atoms with Crippen molar-refractivity contribution in [2.24, 2.45) is 0 Å². The fraction of sp³-hybridized carbons (Fsp3) is 0. The summed E-state index contributed by atoms with van der Waals surface area (Å²) in [4.78, 5) is 45.0. The van der Waals surface area contributed by atoms with Crippen molar-refractivity contribution in [3.05, 3.63) is 78.9 Å². The molecule has 23 heavy (non-hydrogen) atoms. The van der Waals surface area contributed by atoms with Crippen LogP contribution in [0.2, 0.25) is 0 Å². The van der Waals surface area contributed by atoms with Crippen LogP contribution >= 0.6 is 0 Å². The van der Waals surface area contributed by atoms with Crippen LogP contribution in [0.15, 0.2) is 36.4 Å². The fourth-order valence-corrected chi connectivity index (χ4v) is 2.49. The number of rotatable bonds is 2. The Morgan fingerprint density at radius 3 is 1.83 bits per heavy atom. The molecule has 8 nitrogen and oxygen atoms in total. The van der Waals surface area contributed by atoms with E-state index in [0.29, 0.717) is 0 Å². The monoisotopic (exact) mass is 508 g/mol. The molecule has 0 saturated carbocycles. The third-order valence-corrected chi connectivity index (χ3v) is 3.42. The zero-order valence-electron chi connectivity index (χ0n) is 11.5. The van der Waals surface area contributed by atoms with Gasteiger partial charge in [-0.05, 0) is 6.07 Å². The first kappa shape index (κ1) is 16.9. The Labute approximate surface area is 148 Å². The molecule has 0 atom stereocenters. The first-order chi connectivity index (χ1) is 10.4. The summed E-state index contributed by atoms with van der Waals surface area (Å²) in [6.45, 7) is 0. The summed E-state index contributed by atoms with van der Waals surface area (Å²) < 4.78 is 0. The van der Waals surface area contributed by atoms with Gasteiger partial charge in [0.05, 0.1) is 9.85 Å². The van der Waals surface area contributed by atoms with Crippen molar-refractivity contribution in [3.63, 3.8) is 0 Å². The van der Waals surface area contributed by atoms with Crippen LogP contribution in [0.5, 0.6) is 0 Å². The Kier molecular flexibility index (Phi) is 4.36. The number of hydrogen-bond acceptors (Lipinski definition) is 6. The Bertz CT molecular complexity index is 893. The molecule has 0 fully saturated rings. The van der Waals surface area contributed by atoms with Gasteiger partial charge in [0.1, 0.15) is 5.56 Å². The van der Waals surface area contributed by atoms with E-state index in [2.05, 4.69) is 0 Å². The zero-order valence-corrected chi connectivity index (χ0v) is 17.0. The molecule has 0 saturated heterocycles. The molecular formula is C14H8N2O6Pb. The number of nitrogens with zero attached hydrogens (tertiary/aromatic N) is 2. The molecule has 3 rings (SSSR count). The molecule has 1 aliphatic rings. The zero-order chi connectivity index (χ0) is 16.0. The van der Waals surface area contributed by atoms with Gasteiger partial charge in [0.15, 0.2) is 5.78 Å². The second-order valence-electron chi connectivity index (χ2n) is 4.57. The van der Waals surface area contributed by atoms with E-state index in [9.17, 15) is 29.8 Å². The van der Waals surface area contributed by atoms with Crippen molar-refractivity contribution < 1.29 is 19.4 Å². The van der Waals surface area contributed by atoms with Gasteiger partial charge in [0, 0.05) is 22.8 Å². The van der Waals surface area contributed by atoms with Crippen molar-refractivity contribution in [2.45, 2.75) is 0 Å². The van der Waals surface area contributed by atoms with E-state index in [4.69, 9.17) is 0 Å². The number of fused-ring (bicyclic) bond motifs is 2. The van der Waals surface area contributed by atoms with Gasteiger partial charge in [-0.2, -0.15) is 0 Å². The van der Waals surface area contributed by atoms with Crippen LogP contribution in [-0.2, 0) is 0 Å². The summed E-state index contributed by atoms with van der Waals surface area (Å²) in [5, 5.41) is 22.2. The molecule has 2 aromatic carbocycles. The van der Waals surface area contributed by atoms with Gasteiger partial charge in [-0.3, -0.25) is 29.8 Å². The average molecular weight is 507 g/mol. The van der Waals surface area contributed by atoms with E-state index < -0.39 is 38.4 Å². The fourth-order valence-electron chi connectivity index (χ4n) is 2.49. The van der Waals surface area contributed by atoms with Gasteiger partial charge in [0.25, 0.3) is 0 Å². The maximum atomic E-state index is 12.5. The molecule has 114 valence electrons. The molecular weight excluding hydrogens is 499 g/mol. The van der Waals surface area contributed by atoms with Crippen LogP contribution in [0.4, 0.5) is 11.4 Å². The number of carbonyl (C=O) groups excluding carboxylic acids is 2. The Morgan fingerprint density at radius 1 is 0.739 bits per heavy atom. The predicted molar refractivity (Wildman–Crippen MR) is 81.6 cm³/mol. The van der Waals surface area contributed by atoms with Gasteiger partial charge in [0.2, 0.25) is 5.78 Å². The normalized spacial score (nSPS) is 12.0. The van der Waals surface area contributed by atoms with Crippen molar-refractivity contribution in [2.75, 3.05) is 0 Å². The van der Waals surface area contributed by atoms with Crippen molar-refractivity contribution >= 4 is 50.2 Å². The summed E-state index contributed by atoms with van der Waals surface area (Å²) in [5.41, 5.74) is -2.35. The molecule has 0 aromatic heterocycles. The van der Waals surface area contributed by atoms with Gasteiger partial charge >= 0.3 is 38.7 Å². The van der Waals surface area contributed by atoms with Crippen LogP contribution in [0.3, 0.4) is 0 Å². The molecule has 0 N–H and O–H groups in total. The summed E-state index contributed by atoms with van der Waals surface area (Å²) in [6.07, 6.45) is 0. The minimum absolute atomic E-state index is 0. The number of nitro groups is 2. The summed E-state index contributed by atoms with van der Waals surface area (Å²) in [6, 6.07) is 7.83. The van der Waals surface area contributed by atoms with Crippen molar-refractivity contribution in [1.82, 2.24) is 0 Å². The molecule has 0 aliphatic heterocycles. The number of hydrogen-bond donors (Lipinski definition) is 0. The van der Waals surface area contributed by atoms with Crippen LogP contribution in [-0.4, -0.2) is 48.7 Å². The van der Waals surface area contributed by atoms with Crippen molar-refractivity contribution in [3.8, 4) is 0 Å². The molecule has 0 spiro atoms. The molecule has 2 radical (unpaired) electrons. The first-order valence-electron chi connectivity index (χ1n) is 6.07. The Hall–Kier alpha value is -2.50. The number of carbonyl (C=O) groups is 2. The van der Waals surface area contributed by atoms with Crippen molar-refractivity contribution in [1.29, 1.82) is 0 Å². The average Bonchev–Trinajstić information content (AvgIpc) is 2.51. The van der Waals surface area contributed by atoms with Gasteiger partial charge < -0.3 is 0 Å². The quantitative estimate of drug-likeness (QED) is 0.294. The predicted octanol–water partition coefficient (Wildman–Crippen LogP) is 1.36. The first-order valence-corrected chi connectivity index (χ1v) is 6.07. The molecule has 0 heterocycles. The van der Waals surface area contributed by atoms with Crippen LogP contribution in [0.25, 0.3) is 0 Å². The summed E-state index contributed by atoms with van der Waals surface area (Å²) >= 11 is 0. The third kappa shape index (κ3) is 2.44. The summed E-state index contributed by atoms with van der Waals surface area (Å²) in [7, 11) is 0. The third-order valence-electron chi connectivity index (χ3n) is 3.42. The molecule has 0 unspecified atom stereocenters. The van der Waals surface area contributed by atoms with E-state index in [-0.39, 0.29) is 44.0 Å².